The van der Waals surface area contributed by atoms with Crippen molar-refractivity contribution in [1.82, 2.24) is 15.2 Å². The SMILES string of the molecule is Cn1ccc(CC(NN)c2cc(Cl)cc(Br)c2)n1. The van der Waals surface area contributed by atoms with Crippen LogP contribution >= 0.6 is 27.5 Å². The molecule has 4 nitrogen and oxygen atoms in total. The van der Waals surface area contributed by atoms with Crippen LogP contribution < -0.4 is 11.3 Å². The van der Waals surface area contributed by atoms with E-state index in [0.717, 1.165) is 15.7 Å². The van der Waals surface area contributed by atoms with Crippen LogP contribution in [0.2, 0.25) is 5.02 Å². The van der Waals surface area contributed by atoms with E-state index in [9.17, 15) is 0 Å². The van der Waals surface area contributed by atoms with E-state index in [4.69, 9.17) is 17.4 Å². The molecule has 0 spiro atoms. The van der Waals surface area contributed by atoms with Gasteiger partial charge < -0.3 is 0 Å². The lowest BCUT2D eigenvalue weighted by Gasteiger charge is -2.15. The number of nitrogens with zero attached hydrogens (tertiary/aromatic N) is 2. The molecular formula is C12H14BrClN4. The Morgan fingerprint density at radius 2 is 2.28 bits per heavy atom. The summed E-state index contributed by atoms with van der Waals surface area (Å²) < 4.78 is 2.71. The van der Waals surface area contributed by atoms with E-state index in [1.165, 1.54) is 0 Å². The molecule has 0 radical (unpaired) electrons. The van der Waals surface area contributed by atoms with Crippen LogP contribution in [0.25, 0.3) is 0 Å². The molecule has 0 fully saturated rings. The van der Waals surface area contributed by atoms with E-state index in [0.29, 0.717) is 11.4 Å². The first-order chi connectivity index (χ1) is 8.58. The molecule has 1 heterocycles. The Labute approximate surface area is 119 Å². The molecule has 1 unspecified atom stereocenters. The highest BCUT2D eigenvalue weighted by molar-refractivity contribution is 9.10. The Morgan fingerprint density at radius 1 is 1.50 bits per heavy atom. The summed E-state index contributed by atoms with van der Waals surface area (Å²) >= 11 is 9.47. The lowest BCUT2D eigenvalue weighted by atomic mass is 10.0. The van der Waals surface area contributed by atoms with E-state index in [-0.39, 0.29) is 6.04 Å². The molecule has 0 amide bonds. The van der Waals surface area contributed by atoms with Crippen molar-refractivity contribution in [3.05, 3.63) is 51.2 Å². The smallest absolute Gasteiger partial charge is 0.0643 e. The molecule has 1 aromatic heterocycles. The second-order valence-corrected chi connectivity index (χ2v) is 5.46. The van der Waals surface area contributed by atoms with Crippen LogP contribution in [0.5, 0.6) is 0 Å². The predicted molar refractivity (Wildman–Crippen MR) is 76.1 cm³/mol. The van der Waals surface area contributed by atoms with E-state index >= 15 is 0 Å². The number of aryl methyl sites for hydroxylation is 1. The maximum absolute atomic E-state index is 6.04. The third-order valence-corrected chi connectivity index (χ3v) is 3.35. The highest BCUT2D eigenvalue weighted by Gasteiger charge is 2.13. The highest BCUT2D eigenvalue weighted by atomic mass is 79.9. The van der Waals surface area contributed by atoms with E-state index in [2.05, 4.69) is 26.5 Å². The Bertz CT molecular complexity index is 520. The van der Waals surface area contributed by atoms with Crippen molar-refractivity contribution in [3.63, 3.8) is 0 Å². The highest BCUT2D eigenvalue weighted by Crippen LogP contribution is 2.25. The Morgan fingerprint density at radius 3 is 2.83 bits per heavy atom. The number of halogens is 2. The van der Waals surface area contributed by atoms with Gasteiger partial charge in [0.05, 0.1) is 11.7 Å². The van der Waals surface area contributed by atoms with Gasteiger partial charge in [0, 0.05) is 29.2 Å². The van der Waals surface area contributed by atoms with Crippen molar-refractivity contribution < 1.29 is 0 Å². The zero-order valence-corrected chi connectivity index (χ0v) is 12.2. The number of aromatic nitrogens is 2. The summed E-state index contributed by atoms with van der Waals surface area (Å²) in [6.07, 6.45) is 2.63. The topological polar surface area (TPSA) is 55.9 Å². The minimum Gasteiger partial charge on any atom is -0.276 e. The van der Waals surface area contributed by atoms with Crippen LogP contribution in [-0.2, 0) is 13.5 Å². The maximum Gasteiger partial charge on any atom is 0.0643 e. The molecule has 0 bridgehead atoms. The summed E-state index contributed by atoms with van der Waals surface area (Å²) in [6.45, 7) is 0. The fourth-order valence-electron chi connectivity index (χ4n) is 1.83. The van der Waals surface area contributed by atoms with Crippen LogP contribution in [0.1, 0.15) is 17.3 Å². The largest absolute Gasteiger partial charge is 0.276 e. The number of benzene rings is 1. The number of rotatable bonds is 4. The molecule has 0 aliphatic heterocycles. The summed E-state index contributed by atoms with van der Waals surface area (Å²) in [4.78, 5) is 0. The van der Waals surface area contributed by atoms with Crippen LogP contribution in [0.15, 0.2) is 34.9 Å². The second kappa shape index (κ2) is 5.84. The van der Waals surface area contributed by atoms with Crippen LogP contribution in [0.3, 0.4) is 0 Å². The van der Waals surface area contributed by atoms with Crippen molar-refractivity contribution >= 4 is 27.5 Å². The van der Waals surface area contributed by atoms with Gasteiger partial charge in [0.2, 0.25) is 0 Å². The third kappa shape index (κ3) is 3.32. The van der Waals surface area contributed by atoms with Gasteiger partial charge in [-0.1, -0.05) is 27.5 Å². The summed E-state index contributed by atoms with van der Waals surface area (Å²) in [5, 5.41) is 5.03. The quantitative estimate of drug-likeness (QED) is 0.669. The molecule has 0 aliphatic carbocycles. The normalized spacial score (nSPS) is 12.7. The Balaban J connectivity index is 2.22. The van der Waals surface area contributed by atoms with Crippen molar-refractivity contribution in [3.8, 4) is 0 Å². The predicted octanol–water partition coefficient (Wildman–Crippen LogP) is 2.58. The first kappa shape index (κ1) is 13.5. The van der Waals surface area contributed by atoms with Crippen LogP contribution in [-0.4, -0.2) is 9.78 Å². The van der Waals surface area contributed by atoms with Gasteiger partial charge in [0.1, 0.15) is 0 Å². The van der Waals surface area contributed by atoms with Crippen molar-refractivity contribution in [2.75, 3.05) is 0 Å². The fraction of sp³-hybridized carbons (Fsp3) is 0.250. The molecule has 0 saturated carbocycles. The van der Waals surface area contributed by atoms with Crippen molar-refractivity contribution in [2.45, 2.75) is 12.5 Å². The number of hydrazine groups is 1. The van der Waals surface area contributed by atoms with Gasteiger partial charge >= 0.3 is 0 Å². The van der Waals surface area contributed by atoms with Crippen molar-refractivity contribution in [2.24, 2.45) is 12.9 Å². The zero-order valence-electron chi connectivity index (χ0n) is 9.90. The summed E-state index contributed by atoms with van der Waals surface area (Å²) in [5.41, 5.74) is 4.81. The number of hydrogen-bond acceptors (Lipinski definition) is 3. The molecule has 1 atom stereocenters. The zero-order chi connectivity index (χ0) is 13.1. The lowest BCUT2D eigenvalue weighted by Crippen LogP contribution is -2.29. The van der Waals surface area contributed by atoms with Gasteiger partial charge in [-0.15, -0.1) is 0 Å². The molecule has 3 N–H and O–H groups in total. The second-order valence-electron chi connectivity index (χ2n) is 4.11. The molecular weight excluding hydrogens is 316 g/mol. The molecule has 18 heavy (non-hydrogen) atoms. The minimum absolute atomic E-state index is 0.0186. The van der Waals surface area contributed by atoms with E-state index in [1.807, 2.05) is 37.5 Å². The number of nitrogens with two attached hydrogens (primary N) is 1. The Hall–Kier alpha value is -0.880. The van der Waals surface area contributed by atoms with Gasteiger partial charge in [-0.2, -0.15) is 5.10 Å². The molecule has 6 heteroatoms. The number of nitrogens with one attached hydrogen (secondary N) is 1. The van der Waals surface area contributed by atoms with Crippen LogP contribution in [0, 0.1) is 0 Å². The summed E-state index contributed by atoms with van der Waals surface area (Å²) in [6, 6.07) is 7.71. The first-order valence-electron chi connectivity index (χ1n) is 5.49. The molecule has 96 valence electrons. The van der Waals surface area contributed by atoms with Crippen molar-refractivity contribution in [1.29, 1.82) is 0 Å². The standard InChI is InChI=1S/C12H14BrClN4/c1-18-3-2-11(17-18)7-12(16-15)8-4-9(13)6-10(14)5-8/h2-6,12,16H,7,15H2,1H3. The summed E-state index contributed by atoms with van der Waals surface area (Å²) in [7, 11) is 1.89. The van der Waals surface area contributed by atoms with Gasteiger partial charge in [-0.05, 0) is 29.8 Å². The van der Waals surface area contributed by atoms with E-state index < -0.39 is 0 Å². The van der Waals surface area contributed by atoms with Gasteiger partial charge in [-0.25, -0.2) is 0 Å². The molecule has 0 aliphatic rings. The first-order valence-corrected chi connectivity index (χ1v) is 6.66. The van der Waals surface area contributed by atoms with Gasteiger partial charge in [0.15, 0.2) is 0 Å². The van der Waals surface area contributed by atoms with Gasteiger partial charge in [0.25, 0.3) is 0 Å². The summed E-state index contributed by atoms with van der Waals surface area (Å²) in [5.74, 6) is 5.62. The lowest BCUT2D eigenvalue weighted by molar-refractivity contribution is 0.541. The average molecular weight is 330 g/mol. The monoisotopic (exact) mass is 328 g/mol. The fourth-order valence-corrected chi connectivity index (χ4v) is 2.72. The molecule has 2 aromatic rings. The average Bonchev–Trinajstić information content (AvgIpc) is 2.70. The van der Waals surface area contributed by atoms with Crippen LogP contribution in [0.4, 0.5) is 0 Å². The third-order valence-electron chi connectivity index (χ3n) is 2.67. The molecule has 2 rings (SSSR count). The number of hydrogen-bond donors (Lipinski definition) is 2. The Kier molecular flexibility index (Phi) is 4.40. The minimum atomic E-state index is -0.0186. The molecule has 1 aromatic carbocycles. The molecule has 0 saturated heterocycles. The maximum atomic E-state index is 6.04. The van der Waals surface area contributed by atoms with E-state index in [1.54, 1.807) is 4.68 Å². The van der Waals surface area contributed by atoms with Gasteiger partial charge in [-0.3, -0.25) is 16.0 Å².